The first-order valence-electron chi connectivity index (χ1n) is 8.80. The molecular weight excluding hydrogens is 341 g/mol. The van der Waals surface area contributed by atoms with Gasteiger partial charge in [0.05, 0.1) is 5.41 Å². The third-order valence-corrected chi connectivity index (χ3v) is 4.48. The monoisotopic (exact) mass is 363 g/mol. The second kappa shape index (κ2) is 8.04. The Morgan fingerprint density at radius 2 is 1.56 bits per heavy atom. The van der Waals surface area contributed by atoms with Crippen molar-refractivity contribution < 1.29 is 13.9 Å². The van der Waals surface area contributed by atoms with Gasteiger partial charge in [0.2, 0.25) is 5.91 Å². The van der Waals surface area contributed by atoms with Gasteiger partial charge in [-0.05, 0) is 49.7 Å². The van der Waals surface area contributed by atoms with E-state index in [9.17, 15) is 9.18 Å². The summed E-state index contributed by atoms with van der Waals surface area (Å²) in [4.78, 5) is 12.7. The number of halogens is 1. The van der Waals surface area contributed by atoms with Crippen LogP contribution in [0.1, 0.15) is 25.0 Å². The van der Waals surface area contributed by atoms with E-state index < -0.39 is 5.41 Å². The summed E-state index contributed by atoms with van der Waals surface area (Å²) in [6.07, 6.45) is 0. The van der Waals surface area contributed by atoms with Crippen molar-refractivity contribution in [1.82, 2.24) is 0 Å². The molecule has 0 spiro atoms. The zero-order valence-corrected chi connectivity index (χ0v) is 15.4. The van der Waals surface area contributed by atoms with E-state index in [2.05, 4.69) is 5.32 Å². The lowest BCUT2D eigenvalue weighted by Gasteiger charge is -2.24. The summed E-state index contributed by atoms with van der Waals surface area (Å²) in [5.74, 6) is 0.0538. The maximum absolute atomic E-state index is 14.1. The molecule has 0 aliphatic carbocycles. The minimum Gasteiger partial charge on any atom is -0.489 e. The number of carbonyl (C=O) groups excluding carboxylic acids is 1. The van der Waals surface area contributed by atoms with Crippen LogP contribution in [-0.2, 0) is 16.8 Å². The fraction of sp³-hybridized carbons (Fsp3) is 0.174. The molecule has 0 atom stereocenters. The molecular formula is C23H22FNO2. The van der Waals surface area contributed by atoms with Crippen LogP contribution in [0.25, 0.3) is 0 Å². The lowest BCUT2D eigenvalue weighted by atomic mass is 9.83. The highest BCUT2D eigenvalue weighted by atomic mass is 19.1. The summed E-state index contributed by atoms with van der Waals surface area (Å²) >= 11 is 0. The number of nitrogens with one attached hydrogen (secondary N) is 1. The lowest BCUT2D eigenvalue weighted by Crippen LogP contribution is -2.35. The number of rotatable bonds is 6. The van der Waals surface area contributed by atoms with Crippen molar-refractivity contribution in [1.29, 1.82) is 0 Å². The van der Waals surface area contributed by atoms with Crippen molar-refractivity contribution in [3.8, 4) is 5.75 Å². The first kappa shape index (κ1) is 18.6. The van der Waals surface area contributed by atoms with Crippen LogP contribution in [0.5, 0.6) is 5.75 Å². The van der Waals surface area contributed by atoms with Gasteiger partial charge in [0.15, 0.2) is 0 Å². The van der Waals surface area contributed by atoms with Crippen LogP contribution in [0.3, 0.4) is 0 Å². The Kier molecular flexibility index (Phi) is 5.55. The molecule has 0 saturated heterocycles. The minimum atomic E-state index is -0.992. The molecule has 1 amide bonds. The largest absolute Gasteiger partial charge is 0.489 e. The Hall–Kier alpha value is -3.14. The quantitative estimate of drug-likeness (QED) is 0.643. The van der Waals surface area contributed by atoms with Gasteiger partial charge in [0, 0.05) is 11.3 Å². The Morgan fingerprint density at radius 1 is 0.926 bits per heavy atom. The number of carbonyl (C=O) groups is 1. The lowest BCUT2D eigenvalue weighted by molar-refractivity contribution is -0.120. The SMILES string of the molecule is CC(C)(C(=O)Nc1ccc(OCc2ccccc2)cc1)c1ccccc1F. The Balaban J connectivity index is 1.64. The summed E-state index contributed by atoms with van der Waals surface area (Å²) in [6.45, 7) is 3.89. The Labute approximate surface area is 158 Å². The topological polar surface area (TPSA) is 38.3 Å². The van der Waals surface area contributed by atoms with Crippen molar-refractivity contribution in [2.75, 3.05) is 5.32 Å². The fourth-order valence-corrected chi connectivity index (χ4v) is 2.75. The van der Waals surface area contributed by atoms with Crippen LogP contribution in [0.15, 0.2) is 78.9 Å². The standard InChI is InChI=1S/C23H22FNO2/c1-23(2,20-10-6-7-11-21(20)24)22(26)25-18-12-14-19(15-13-18)27-16-17-8-4-3-5-9-17/h3-15H,16H2,1-2H3,(H,25,26). The average molecular weight is 363 g/mol. The van der Waals surface area contributed by atoms with Crippen molar-refractivity contribution >= 4 is 11.6 Å². The van der Waals surface area contributed by atoms with Gasteiger partial charge in [-0.25, -0.2) is 4.39 Å². The number of hydrogen-bond donors (Lipinski definition) is 1. The average Bonchev–Trinajstić information content (AvgIpc) is 2.68. The zero-order valence-electron chi connectivity index (χ0n) is 15.4. The summed E-state index contributed by atoms with van der Waals surface area (Å²) in [5, 5.41) is 2.85. The fourth-order valence-electron chi connectivity index (χ4n) is 2.75. The van der Waals surface area contributed by atoms with Crippen LogP contribution in [0.4, 0.5) is 10.1 Å². The van der Waals surface area contributed by atoms with Gasteiger partial charge in [-0.15, -0.1) is 0 Å². The van der Waals surface area contributed by atoms with Gasteiger partial charge in [-0.1, -0.05) is 48.5 Å². The molecule has 3 nitrogen and oxygen atoms in total. The molecule has 0 heterocycles. The third kappa shape index (κ3) is 4.53. The van der Waals surface area contributed by atoms with Gasteiger partial charge in [0.25, 0.3) is 0 Å². The molecule has 0 unspecified atom stereocenters. The molecule has 0 aromatic heterocycles. The predicted octanol–water partition coefficient (Wildman–Crippen LogP) is 5.32. The molecule has 3 aromatic carbocycles. The zero-order chi connectivity index (χ0) is 19.3. The summed E-state index contributed by atoms with van der Waals surface area (Å²) in [7, 11) is 0. The maximum Gasteiger partial charge on any atom is 0.234 e. The number of ether oxygens (including phenoxy) is 1. The maximum atomic E-state index is 14.1. The summed E-state index contributed by atoms with van der Waals surface area (Å²) < 4.78 is 19.8. The highest BCUT2D eigenvalue weighted by Crippen LogP contribution is 2.28. The van der Waals surface area contributed by atoms with Gasteiger partial charge in [0.1, 0.15) is 18.2 Å². The predicted molar refractivity (Wildman–Crippen MR) is 105 cm³/mol. The molecule has 0 radical (unpaired) electrons. The molecule has 0 fully saturated rings. The summed E-state index contributed by atoms with van der Waals surface area (Å²) in [6, 6.07) is 23.4. The Bertz CT molecular complexity index is 905. The first-order chi connectivity index (χ1) is 13.0. The van der Waals surface area contributed by atoms with Crippen molar-refractivity contribution in [3.05, 3.63) is 95.8 Å². The minimum absolute atomic E-state index is 0.273. The number of amides is 1. The molecule has 138 valence electrons. The number of benzene rings is 3. The van der Waals surface area contributed by atoms with Gasteiger partial charge < -0.3 is 10.1 Å². The van der Waals surface area contributed by atoms with E-state index >= 15 is 0 Å². The van der Waals surface area contributed by atoms with Crippen molar-refractivity contribution in [2.45, 2.75) is 25.9 Å². The van der Waals surface area contributed by atoms with Crippen molar-refractivity contribution in [3.63, 3.8) is 0 Å². The molecule has 0 saturated carbocycles. The molecule has 27 heavy (non-hydrogen) atoms. The van der Waals surface area contributed by atoms with Gasteiger partial charge in [-0.3, -0.25) is 4.79 Å². The second-order valence-corrected chi connectivity index (χ2v) is 6.86. The molecule has 0 aliphatic heterocycles. The third-order valence-electron chi connectivity index (χ3n) is 4.48. The number of anilines is 1. The highest BCUT2D eigenvalue weighted by molar-refractivity contribution is 5.98. The molecule has 0 bridgehead atoms. The van der Waals surface area contributed by atoms with E-state index in [-0.39, 0.29) is 11.7 Å². The van der Waals surface area contributed by atoms with Crippen LogP contribution < -0.4 is 10.1 Å². The van der Waals surface area contributed by atoms with Crippen LogP contribution in [0.2, 0.25) is 0 Å². The second-order valence-electron chi connectivity index (χ2n) is 6.86. The van der Waals surface area contributed by atoms with E-state index in [1.807, 2.05) is 30.3 Å². The Morgan fingerprint density at radius 3 is 2.22 bits per heavy atom. The van der Waals surface area contributed by atoms with Crippen LogP contribution in [0, 0.1) is 5.82 Å². The number of hydrogen-bond acceptors (Lipinski definition) is 2. The molecule has 3 rings (SSSR count). The normalized spacial score (nSPS) is 11.1. The van der Waals surface area contributed by atoms with Crippen LogP contribution in [-0.4, -0.2) is 5.91 Å². The van der Waals surface area contributed by atoms with E-state index in [0.29, 0.717) is 23.6 Å². The molecule has 0 aliphatic rings. The molecule has 3 aromatic rings. The van der Waals surface area contributed by atoms with E-state index in [1.165, 1.54) is 6.07 Å². The van der Waals surface area contributed by atoms with Crippen LogP contribution >= 0.6 is 0 Å². The summed E-state index contributed by atoms with van der Waals surface area (Å²) in [5.41, 5.74) is 1.09. The smallest absolute Gasteiger partial charge is 0.234 e. The van der Waals surface area contributed by atoms with Gasteiger partial charge >= 0.3 is 0 Å². The first-order valence-corrected chi connectivity index (χ1v) is 8.80. The highest BCUT2D eigenvalue weighted by Gasteiger charge is 2.32. The van der Waals surface area contributed by atoms with E-state index in [4.69, 9.17) is 4.74 Å². The van der Waals surface area contributed by atoms with Crippen molar-refractivity contribution in [2.24, 2.45) is 0 Å². The van der Waals surface area contributed by atoms with E-state index in [1.54, 1.807) is 56.3 Å². The van der Waals surface area contributed by atoms with E-state index in [0.717, 1.165) is 5.56 Å². The molecule has 1 N–H and O–H groups in total. The molecule has 4 heteroatoms. The van der Waals surface area contributed by atoms with Gasteiger partial charge in [-0.2, -0.15) is 0 Å².